The quantitative estimate of drug-likeness (QED) is 0.467. The maximum atomic E-state index is 12.6. The Morgan fingerprint density at radius 3 is 2.50 bits per heavy atom. The van der Waals surface area contributed by atoms with E-state index in [1.54, 1.807) is 29.6 Å². The second kappa shape index (κ2) is 11.5. The molecule has 0 spiro atoms. The minimum absolute atomic E-state index is 0.00858. The van der Waals surface area contributed by atoms with Crippen LogP contribution in [0.2, 0.25) is 5.02 Å². The van der Waals surface area contributed by atoms with Crippen molar-refractivity contribution in [2.75, 3.05) is 19.7 Å². The van der Waals surface area contributed by atoms with Gasteiger partial charge in [0.15, 0.2) is 6.61 Å². The fraction of sp³-hybridized carbons (Fsp3) is 0.308. The van der Waals surface area contributed by atoms with Crippen molar-refractivity contribution >= 4 is 40.7 Å². The molecular formula is C26H27ClN4O4S. The van der Waals surface area contributed by atoms with E-state index in [4.69, 9.17) is 16.3 Å². The van der Waals surface area contributed by atoms with Crippen molar-refractivity contribution in [2.24, 2.45) is 0 Å². The zero-order valence-corrected chi connectivity index (χ0v) is 21.6. The first-order chi connectivity index (χ1) is 17.3. The Bertz CT molecular complexity index is 1270. The molecule has 1 aliphatic rings. The first-order valence-electron chi connectivity index (χ1n) is 11.6. The molecule has 8 nitrogen and oxygen atoms in total. The summed E-state index contributed by atoms with van der Waals surface area (Å²) in [5.74, 6) is -0.200. The number of rotatable bonds is 6. The summed E-state index contributed by atoms with van der Waals surface area (Å²) in [7, 11) is 0. The minimum Gasteiger partial charge on any atom is -0.484 e. The lowest BCUT2D eigenvalue weighted by molar-refractivity contribution is -0.134. The van der Waals surface area contributed by atoms with Gasteiger partial charge in [-0.1, -0.05) is 29.8 Å². The predicted molar refractivity (Wildman–Crippen MR) is 138 cm³/mol. The Labute approximate surface area is 218 Å². The largest absolute Gasteiger partial charge is 0.484 e. The molecule has 3 amide bonds. The average Bonchev–Trinajstić information content (AvgIpc) is 3.38. The number of aromatic nitrogens is 1. The maximum absolute atomic E-state index is 12.6. The van der Waals surface area contributed by atoms with Crippen molar-refractivity contribution in [3.63, 3.8) is 0 Å². The van der Waals surface area contributed by atoms with Gasteiger partial charge in [0, 0.05) is 24.4 Å². The number of nitrogens with one attached hydrogen (secondary N) is 2. The van der Waals surface area contributed by atoms with E-state index in [1.165, 1.54) is 16.9 Å². The molecule has 36 heavy (non-hydrogen) atoms. The van der Waals surface area contributed by atoms with Gasteiger partial charge >= 0.3 is 0 Å². The molecule has 2 N–H and O–H groups in total. The number of thiazole rings is 1. The molecule has 0 aliphatic carbocycles. The highest BCUT2D eigenvalue weighted by Gasteiger charge is 2.26. The number of hydrazine groups is 1. The molecular weight excluding hydrogens is 500 g/mol. The molecule has 0 unspecified atom stereocenters. The molecule has 10 heteroatoms. The lowest BCUT2D eigenvalue weighted by atomic mass is 9.97. The summed E-state index contributed by atoms with van der Waals surface area (Å²) in [6.45, 7) is 5.27. The summed E-state index contributed by atoms with van der Waals surface area (Å²) in [6, 6.07) is 12.4. The number of halogens is 1. The normalized spacial score (nSPS) is 13.8. The van der Waals surface area contributed by atoms with E-state index in [0.717, 1.165) is 23.4 Å². The summed E-state index contributed by atoms with van der Waals surface area (Å²) in [5, 5.41) is 2.80. The van der Waals surface area contributed by atoms with Gasteiger partial charge in [-0.3, -0.25) is 25.2 Å². The lowest BCUT2D eigenvalue weighted by Crippen LogP contribution is -2.42. The maximum Gasteiger partial charge on any atom is 0.289 e. The molecule has 4 rings (SSSR count). The van der Waals surface area contributed by atoms with E-state index in [1.807, 2.05) is 36.9 Å². The number of ether oxygens (including phenoxy) is 1. The first-order valence-corrected chi connectivity index (χ1v) is 12.9. The SMILES string of the molecule is Cc1ccc(OCC(=O)N2CCC(c3nc(C(=O)NNC(=O)c4ccccc4Cl)cs3)CC2)cc1C. The monoisotopic (exact) mass is 526 g/mol. The molecule has 1 saturated heterocycles. The van der Waals surface area contributed by atoms with E-state index >= 15 is 0 Å². The minimum atomic E-state index is -0.511. The molecule has 1 fully saturated rings. The number of nitrogens with zero attached hydrogens (tertiary/aromatic N) is 2. The predicted octanol–water partition coefficient (Wildman–Crippen LogP) is 4.27. The highest BCUT2D eigenvalue weighted by atomic mass is 35.5. The zero-order chi connectivity index (χ0) is 25.7. The summed E-state index contributed by atoms with van der Waals surface area (Å²) in [4.78, 5) is 43.6. The summed E-state index contributed by atoms with van der Waals surface area (Å²) in [6.07, 6.45) is 1.51. The van der Waals surface area contributed by atoms with Crippen LogP contribution in [0.5, 0.6) is 5.75 Å². The van der Waals surface area contributed by atoms with Crippen molar-refractivity contribution in [3.8, 4) is 5.75 Å². The van der Waals surface area contributed by atoms with Gasteiger partial charge in [0.25, 0.3) is 17.7 Å². The summed E-state index contributed by atoms with van der Waals surface area (Å²) >= 11 is 7.41. The average molecular weight is 527 g/mol. The van der Waals surface area contributed by atoms with Crippen LogP contribution in [0.25, 0.3) is 0 Å². The van der Waals surface area contributed by atoms with E-state index in [0.29, 0.717) is 23.9 Å². The third-order valence-corrected chi connectivity index (χ3v) is 7.54. The standard InChI is InChI=1S/C26H27ClN4O4S/c1-16-7-8-19(13-17(16)2)35-14-23(32)31-11-9-18(10-12-31)26-28-22(15-36-26)25(34)30-29-24(33)20-5-3-4-6-21(20)27/h3-8,13,15,18H,9-12,14H2,1-2H3,(H,29,33)(H,30,34). The molecule has 1 aliphatic heterocycles. The van der Waals surface area contributed by atoms with Gasteiger partial charge in [-0.05, 0) is 62.1 Å². The molecule has 188 valence electrons. The van der Waals surface area contributed by atoms with Gasteiger partial charge in [0.05, 0.1) is 15.6 Å². The van der Waals surface area contributed by atoms with Gasteiger partial charge in [-0.25, -0.2) is 4.98 Å². The highest BCUT2D eigenvalue weighted by molar-refractivity contribution is 7.09. The number of hydrogen-bond donors (Lipinski definition) is 2. The number of hydrogen-bond acceptors (Lipinski definition) is 6. The lowest BCUT2D eigenvalue weighted by Gasteiger charge is -2.31. The van der Waals surface area contributed by atoms with Crippen LogP contribution in [-0.2, 0) is 4.79 Å². The van der Waals surface area contributed by atoms with Crippen LogP contribution in [0.3, 0.4) is 0 Å². The van der Waals surface area contributed by atoms with Crippen LogP contribution in [0.4, 0.5) is 0 Å². The number of carbonyl (C=O) groups excluding carboxylic acids is 3. The van der Waals surface area contributed by atoms with Crippen LogP contribution in [0.15, 0.2) is 47.8 Å². The third kappa shape index (κ3) is 6.22. The fourth-order valence-corrected chi connectivity index (χ4v) is 5.08. The summed E-state index contributed by atoms with van der Waals surface area (Å²) < 4.78 is 5.69. The smallest absolute Gasteiger partial charge is 0.289 e. The Morgan fingerprint density at radius 2 is 1.78 bits per heavy atom. The molecule has 0 saturated carbocycles. The van der Waals surface area contributed by atoms with Crippen molar-refractivity contribution in [1.29, 1.82) is 0 Å². The number of aryl methyl sites for hydroxylation is 2. The molecule has 2 aromatic carbocycles. The number of carbonyl (C=O) groups is 3. The second-order valence-electron chi connectivity index (χ2n) is 8.65. The Hall–Kier alpha value is -3.43. The number of likely N-dealkylation sites (tertiary alicyclic amines) is 1. The van der Waals surface area contributed by atoms with Crippen LogP contribution in [0, 0.1) is 13.8 Å². The van der Waals surface area contributed by atoms with Gasteiger partial charge in [0.1, 0.15) is 11.4 Å². The number of piperidine rings is 1. The van der Waals surface area contributed by atoms with E-state index in [2.05, 4.69) is 15.8 Å². The highest BCUT2D eigenvalue weighted by Crippen LogP contribution is 2.30. The third-order valence-electron chi connectivity index (χ3n) is 6.20. The Balaban J connectivity index is 1.24. The van der Waals surface area contributed by atoms with Crippen molar-refractivity contribution < 1.29 is 19.1 Å². The van der Waals surface area contributed by atoms with Crippen molar-refractivity contribution in [1.82, 2.24) is 20.7 Å². The first kappa shape index (κ1) is 25.7. The molecule has 0 bridgehead atoms. The summed E-state index contributed by atoms with van der Waals surface area (Å²) in [5.41, 5.74) is 7.54. The second-order valence-corrected chi connectivity index (χ2v) is 9.95. The molecule has 0 radical (unpaired) electrons. The van der Waals surface area contributed by atoms with Crippen LogP contribution in [0.1, 0.15) is 55.7 Å². The molecule has 0 atom stereocenters. The Kier molecular flexibility index (Phi) is 8.22. The van der Waals surface area contributed by atoms with Gasteiger partial charge < -0.3 is 9.64 Å². The van der Waals surface area contributed by atoms with Crippen molar-refractivity contribution in [3.05, 3.63) is 80.3 Å². The molecule has 2 heterocycles. The van der Waals surface area contributed by atoms with Crippen LogP contribution >= 0.6 is 22.9 Å². The van der Waals surface area contributed by atoms with Gasteiger partial charge in [-0.2, -0.15) is 0 Å². The fourth-order valence-electron chi connectivity index (χ4n) is 3.89. The molecule has 3 aromatic rings. The van der Waals surface area contributed by atoms with Crippen LogP contribution < -0.4 is 15.6 Å². The van der Waals surface area contributed by atoms with Crippen LogP contribution in [-0.4, -0.2) is 47.3 Å². The van der Waals surface area contributed by atoms with E-state index < -0.39 is 11.8 Å². The number of amides is 3. The van der Waals surface area contributed by atoms with Gasteiger partial charge in [-0.15, -0.1) is 11.3 Å². The molecule has 1 aromatic heterocycles. The Morgan fingerprint density at radius 1 is 1.06 bits per heavy atom. The topological polar surface area (TPSA) is 101 Å². The number of benzene rings is 2. The van der Waals surface area contributed by atoms with Crippen molar-refractivity contribution in [2.45, 2.75) is 32.6 Å². The van der Waals surface area contributed by atoms with Gasteiger partial charge in [0.2, 0.25) is 0 Å². The van der Waals surface area contributed by atoms with E-state index in [9.17, 15) is 14.4 Å². The zero-order valence-electron chi connectivity index (χ0n) is 20.0. The van der Waals surface area contributed by atoms with E-state index in [-0.39, 0.29) is 29.7 Å².